The summed E-state index contributed by atoms with van der Waals surface area (Å²) >= 11 is 0. The fourth-order valence-electron chi connectivity index (χ4n) is 9.12. The van der Waals surface area contributed by atoms with Crippen LogP contribution >= 0.6 is 0 Å². The molecule has 4 heterocycles. The SMILES string of the molecule is COC(=O)N[C@H](C(=O)N1C[C@@H](C)C[C@H]1c1ncc(-c2ccc3cc(-c4ccc(-c5cnc([C@@H]6CC7(CC7)CN6C(=O)[C@@H](NC(=O)OC)C(C)C)[nH]5)cc4)ccc3c2)[nH]1)C(C)C. The summed E-state index contributed by atoms with van der Waals surface area (Å²) in [5.74, 6) is 1.30. The summed E-state index contributed by atoms with van der Waals surface area (Å²) in [7, 11) is 2.60. The van der Waals surface area contributed by atoms with Gasteiger partial charge >= 0.3 is 12.2 Å². The lowest BCUT2D eigenvalue weighted by Crippen LogP contribution is -2.51. The van der Waals surface area contributed by atoms with E-state index in [4.69, 9.17) is 19.4 Å². The average Bonchev–Trinajstić information content (AvgIpc) is 3.73. The van der Waals surface area contributed by atoms with E-state index in [9.17, 15) is 19.2 Å². The Labute approximate surface area is 356 Å². The maximum atomic E-state index is 13.9. The number of ether oxygens (including phenoxy) is 2. The van der Waals surface area contributed by atoms with Crippen LogP contribution in [0, 0.1) is 23.2 Å². The predicted octanol–water partition coefficient (Wildman–Crippen LogP) is 8.01. The second-order valence-electron chi connectivity index (χ2n) is 18.0. The van der Waals surface area contributed by atoms with E-state index in [0.29, 0.717) is 13.1 Å². The first-order valence-electron chi connectivity index (χ1n) is 21.3. The van der Waals surface area contributed by atoms with Crippen LogP contribution in [0.15, 0.2) is 73.1 Å². The minimum atomic E-state index is -0.700. The number of H-pyrrole nitrogens is 2. The molecule has 3 fully saturated rings. The van der Waals surface area contributed by atoms with E-state index >= 15 is 0 Å². The number of carbonyl (C=O) groups excluding carboxylic acids is 4. The van der Waals surface area contributed by atoms with Gasteiger partial charge in [0.25, 0.3) is 0 Å². The molecule has 2 aromatic heterocycles. The Balaban J connectivity index is 0.957. The smallest absolute Gasteiger partial charge is 0.407 e. The molecule has 61 heavy (non-hydrogen) atoms. The number of nitrogens with zero attached hydrogens (tertiary/aromatic N) is 4. The molecule has 1 aliphatic carbocycles. The Kier molecular flexibility index (Phi) is 11.4. The largest absolute Gasteiger partial charge is 0.453 e. The lowest BCUT2D eigenvalue weighted by atomic mass is 9.98. The van der Waals surface area contributed by atoms with E-state index in [-0.39, 0.29) is 47.1 Å². The molecule has 4 amide bonds. The number of likely N-dealkylation sites (tertiary alicyclic amines) is 2. The lowest BCUT2D eigenvalue weighted by Gasteiger charge is -2.30. The molecule has 14 nitrogen and oxygen atoms in total. The van der Waals surface area contributed by atoms with Gasteiger partial charge in [-0.2, -0.15) is 0 Å². The number of carbonyl (C=O) groups is 4. The fraction of sp³-hybridized carbons (Fsp3) is 0.447. The molecule has 320 valence electrons. The van der Waals surface area contributed by atoms with Gasteiger partial charge in [0, 0.05) is 18.7 Å². The van der Waals surface area contributed by atoms with Crippen molar-refractivity contribution >= 4 is 34.8 Å². The third-order valence-electron chi connectivity index (χ3n) is 12.8. The van der Waals surface area contributed by atoms with Crippen LogP contribution in [0.5, 0.6) is 0 Å². The summed E-state index contributed by atoms with van der Waals surface area (Å²) in [6, 6.07) is 19.4. The monoisotopic (exact) mass is 828 g/mol. The summed E-state index contributed by atoms with van der Waals surface area (Å²) in [6.07, 6.45) is 6.22. The highest BCUT2D eigenvalue weighted by Gasteiger charge is 2.55. The fourth-order valence-corrected chi connectivity index (χ4v) is 9.12. The van der Waals surface area contributed by atoms with Gasteiger partial charge in [0.05, 0.1) is 50.1 Å². The first-order valence-corrected chi connectivity index (χ1v) is 21.3. The Morgan fingerprint density at radius 3 is 1.74 bits per heavy atom. The molecule has 3 aromatic carbocycles. The first-order chi connectivity index (χ1) is 29.3. The number of benzene rings is 3. The molecule has 2 saturated heterocycles. The molecule has 0 unspecified atom stereocenters. The highest BCUT2D eigenvalue weighted by atomic mass is 16.5. The van der Waals surface area contributed by atoms with Crippen LogP contribution in [-0.2, 0) is 19.1 Å². The molecule has 0 bridgehead atoms. The van der Waals surface area contributed by atoms with Crippen molar-refractivity contribution < 1.29 is 28.7 Å². The number of amides is 4. The number of hydrogen-bond acceptors (Lipinski definition) is 8. The molecule has 5 atom stereocenters. The molecule has 5 aromatic rings. The molecule has 8 rings (SSSR count). The topological polar surface area (TPSA) is 175 Å². The standard InChI is InChI=1S/C47H56N8O6/c1-26(2)39(52-45(58)60-6)43(56)54-24-28(5)18-37(54)41-48-23-36(51-41)34-15-14-32-19-31(12-13-33(32)20-34)29-8-10-30(11-9-29)35-22-49-42(50-35)38-21-47(16-17-47)25-55(38)44(57)40(27(3)4)53-46(59)61-7/h8-15,19-20,22-23,26-28,37-40H,16-18,21,24-25H2,1-7H3,(H,48,51)(H,49,50)(H,52,58)(H,53,59)/t28-,37-,38-,39-,40-/m0/s1. The lowest BCUT2D eigenvalue weighted by molar-refractivity contribution is -0.136. The third kappa shape index (κ3) is 8.44. The minimum absolute atomic E-state index is 0.105. The van der Waals surface area contributed by atoms with Gasteiger partial charge in [0.2, 0.25) is 11.8 Å². The summed E-state index contributed by atoms with van der Waals surface area (Å²) in [5, 5.41) is 7.66. The predicted molar refractivity (Wildman–Crippen MR) is 232 cm³/mol. The number of alkyl carbamates (subject to hydrolysis) is 2. The summed E-state index contributed by atoms with van der Waals surface area (Å²) in [4.78, 5) is 72.1. The van der Waals surface area contributed by atoms with Crippen LogP contribution < -0.4 is 10.6 Å². The Morgan fingerprint density at radius 1 is 0.689 bits per heavy atom. The van der Waals surface area contributed by atoms with Crippen molar-refractivity contribution in [3.05, 3.63) is 84.7 Å². The van der Waals surface area contributed by atoms with Gasteiger partial charge in [0.15, 0.2) is 0 Å². The van der Waals surface area contributed by atoms with Crippen molar-refractivity contribution in [1.82, 2.24) is 40.4 Å². The van der Waals surface area contributed by atoms with Crippen molar-refractivity contribution in [2.24, 2.45) is 23.2 Å². The maximum absolute atomic E-state index is 13.9. The molecular formula is C47H56N8O6. The van der Waals surface area contributed by atoms with E-state index in [1.165, 1.54) is 14.2 Å². The van der Waals surface area contributed by atoms with E-state index in [0.717, 1.165) is 81.7 Å². The summed E-state index contributed by atoms with van der Waals surface area (Å²) in [5.41, 5.74) is 6.03. The molecule has 0 radical (unpaired) electrons. The molecular weight excluding hydrogens is 773 g/mol. The highest BCUT2D eigenvalue weighted by Crippen LogP contribution is 2.58. The number of fused-ring (bicyclic) bond motifs is 1. The van der Waals surface area contributed by atoms with Crippen LogP contribution in [0.2, 0.25) is 0 Å². The van der Waals surface area contributed by atoms with Gasteiger partial charge in [-0.05, 0) is 88.4 Å². The van der Waals surface area contributed by atoms with Crippen LogP contribution in [0.25, 0.3) is 44.4 Å². The number of imidazole rings is 2. The third-order valence-corrected chi connectivity index (χ3v) is 12.8. The number of aromatic nitrogens is 4. The van der Waals surface area contributed by atoms with Gasteiger partial charge in [-0.15, -0.1) is 0 Å². The van der Waals surface area contributed by atoms with Crippen LogP contribution in [0.1, 0.15) is 84.0 Å². The zero-order chi connectivity index (χ0) is 43.2. The van der Waals surface area contributed by atoms with Crippen molar-refractivity contribution in [3.63, 3.8) is 0 Å². The zero-order valence-electron chi connectivity index (χ0n) is 36.0. The second-order valence-corrected chi connectivity index (χ2v) is 18.0. The van der Waals surface area contributed by atoms with E-state index in [1.807, 2.05) is 49.9 Å². The van der Waals surface area contributed by atoms with Gasteiger partial charge in [-0.25, -0.2) is 19.6 Å². The molecule has 3 aliphatic rings. The van der Waals surface area contributed by atoms with Gasteiger partial charge in [0.1, 0.15) is 23.7 Å². The minimum Gasteiger partial charge on any atom is -0.453 e. The number of rotatable bonds is 11. The quantitative estimate of drug-likeness (QED) is 0.104. The summed E-state index contributed by atoms with van der Waals surface area (Å²) in [6.45, 7) is 11.0. The molecule has 2 aliphatic heterocycles. The summed E-state index contributed by atoms with van der Waals surface area (Å²) < 4.78 is 9.61. The first kappa shape index (κ1) is 41.5. The average molecular weight is 829 g/mol. The Hall–Kier alpha value is -6.18. The number of nitrogens with one attached hydrogen (secondary N) is 4. The molecule has 4 N–H and O–H groups in total. The van der Waals surface area contributed by atoms with Crippen molar-refractivity contribution in [3.8, 4) is 33.6 Å². The van der Waals surface area contributed by atoms with Gasteiger partial charge in [-0.1, -0.05) is 83.1 Å². The molecule has 14 heteroatoms. The van der Waals surface area contributed by atoms with Crippen molar-refractivity contribution in [1.29, 1.82) is 0 Å². The van der Waals surface area contributed by atoms with Crippen molar-refractivity contribution in [2.75, 3.05) is 27.3 Å². The zero-order valence-corrected chi connectivity index (χ0v) is 36.0. The van der Waals surface area contributed by atoms with Gasteiger partial charge < -0.3 is 39.9 Å². The Morgan fingerprint density at radius 2 is 1.18 bits per heavy atom. The van der Waals surface area contributed by atoms with Crippen LogP contribution in [0.3, 0.4) is 0 Å². The van der Waals surface area contributed by atoms with E-state index in [1.54, 1.807) is 0 Å². The highest BCUT2D eigenvalue weighted by molar-refractivity contribution is 5.91. The van der Waals surface area contributed by atoms with Crippen LogP contribution in [0.4, 0.5) is 9.59 Å². The normalized spacial score (nSPS) is 20.3. The molecule has 1 spiro atoms. The molecule has 1 saturated carbocycles. The number of aromatic amines is 2. The van der Waals surface area contributed by atoms with E-state index in [2.05, 4.69) is 88.2 Å². The van der Waals surface area contributed by atoms with E-state index < -0.39 is 24.3 Å². The van der Waals surface area contributed by atoms with Crippen molar-refractivity contribution in [2.45, 2.75) is 84.5 Å². The van der Waals surface area contributed by atoms with Crippen LogP contribution in [-0.4, -0.2) is 93.1 Å². The number of methoxy groups -OCH3 is 2. The van der Waals surface area contributed by atoms with Gasteiger partial charge in [-0.3, -0.25) is 9.59 Å². The second kappa shape index (κ2) is 16.7. The Bertz CT molecular complexity index is 2430. The number of hydrogen-bond donors (Lipinski definition) is 4. The maximum Gasteiger partial charge on any atom is 0.407 e.